The minimum atomic E-state index is -0.0109. The summed E-state index contributed by atoms with van der Waals surface area (Å²) in [6, 6.07) is 5.48. The van der Waals surface area contributed by atoms with Gasteiger partial charge >= 0.3 is 0 Å². The minimum absolute atomic E-state index is 0.0109. The highest BCUT2D eigenvalue weighted by Gasteiger charge is 2.11. The molecule has 0 fully saturated rings. The first-order chi connectivity index (χ1) is 8.72. The Morgan fingerprint density at radius 2 is 1.78 bits per heavy atom. The van der Waals surface area contributed by atoms with Crippen LogP contribution >= 0.6 is 11.6 Å². The van der Waals surface area contributed by atoms with Crippen LogP contribution in [0.25, 0.3) is 0 Å². The quantitative estimate of drug-likeness (QED) is 0.786. The van der Waals surface area contributed by atoms with Crippen LogP contribution in [0.5, 0.6) is 0 Å². The lowest BCUT2D eigenvalue weighted by Crippen LogP contribution is -2.31. The number of aliphatic hydroxyl groups excluding tert-OH is 1. The molecular weight excluding hydrogens is 254 g/mol. The first-order valence-corrected chi connectivity index (χ1v) is 6.22. The van der Waals surface area contributed by atoms with Gasteiger partial charge in [-0.1, -0.05) is 17.7 Å². The van der Waals surface area contributed by atoms with Crippen LogP contribution in [0.1, 0.15) is 5.56 Å². The van der Waals surface area contributed by atoms with Crippen LogP contribution in [0.3, 0.4) is 0 Å². The summed E-state index contributed by atoms with van der Waals surface area (Å²) in [4.78, 5) is 2.10. The first kappa shape index (κ1) is 15.2. The zero-order chi connectivity index (χ0) is 13.4. The van der Waals surface area contributed by atoms with Crippen LogP contribution in [0, 0.1) is 0 Å². The van der Waals surface area contributed by atoms with Crippen molar-refractivity contribution < 1.29 is 14.6 Å². The Hall–Kier alpha value is -0.810. The maximum absolute atomic E-state index is 9.38. The maximum Gasteiger partial charge on any atom is 0.0702 e. The molecule has 0 saturated heterocycles. The molecule has 0 radical (unpaired) electrons. The maximum atomic E-state index is 9.38. The van der Waals surface area contributed by atoms with Crippen molar-refractivity contribution in [2.75, 3.05) is 45.4 Å². The summed E-state index contributed by atoms with van der Waals surface area (Å²) >= 11 is 6.02. The van der Waals surface area contributed by atoms with Gasteiger partial charge in [-0.25, -0.2) is 0 Å². The molecule has 0 aliphatic rings. The molecule has 0 amide bonds. The monoisotopic (exact) mass is 273 g/mol. The van der Waals surface area contributed by atoms with Gasteiger partial charge in [0.2, 0.25) is 0 Å². The molecule has 0 aromatic heterocycles. The Balaban J connectivity index is 2.90. The topological polar surface area (TPSA) is 41.9 Å². The Morgan fingerprint density at radius 1 is 1.17 bits per heavy atom. The number of benzene rings is 1. The van der Waals surface area contributed by atoms with E-state index in [2.05, 4.69) is 4.90 Å². The fraction of sp³-hybridized carbons (Fsp3) is 0.538. The van der Waals surface area contributed by atoms with Crippen LogP contribution in [0.2, 0.25) is 5.02 Å². The molecule has 0 atom stereocenters. The number of hydrogen-bond donors (Lipinski definition) is 1. The highest BCUT2D eigenvalue weighted by Crippen LogP contribution is 2.25. The average molecular weight is 274 g/mol. The molecule has 0 aliphatic carbocycles. The molecule has 1 rings (SSSR count). The number of halogens is 1. The Morgan fingerprint density at radius 3 is 2.28 bits per heavy atom. The van der Waals surface area contributed by atoms with Crippen molar-refractivity contribution in [3.05, 3.63) is 28.8 Å². The molecule has 18 heavy (non-hydrogen) atoms. The fourth-order valence-corrected chi connectivity index (χ4v) is 1.89. The van der Waals surface area contributed by atoms with Gasteiger partial charge in [0.1, 0.15) is 0 Å². The van der Waals surface area contributed by atoms with E-state index in [-0.39, 0.29) is 6.61 Å². The predicted molar refractivity (Wildman–Crippen MR) is 73.3 cm³/mol. The molecule has 1 aromatic carbocycles. The summed E-state index contributed by atoms with van der Waals surface area (Å²) in [5, 5.41) is 10.0. The van der Waals surface area contributed by atoms with E-state index in [0.717, 1.165) is 24.3 Å². The zero-order valence-corrected chi connectivity index (χ0v) is 11.6. The molecule has 0 bridgehead atoms. The lowest BCUT2D eigenvalue weighted by molar-refractivity contribution is 0.190. The largest absolute Gasteiger partial charge is 0.392 e. The van der Waals surface area contributed by atoms with Gasteiger partial charge in [0.15, 0.2) is 0 Å². The number of hydrogen-bond acceptors (Lipinski definition) is 4. The highest BCUT2D eigenvalue weighted by molar-refractivity contribution is 6.30. The molecule has 0 spiro atoms. The van der Waals surface area contributed by atoms with Gasteiger partial charge in [0, 0.05) is 43.6 Å². The number of nitrogens with zero attached hydrogens (tertiary/aromatic N) is 1. The summed E-state index contributed by atoms with van der Waals surface area (Å²) in [7, 11) is 3.33. The van der Waals surface area contributed by atoms with Gasteiger partial charge in [-0.15, -0.1) is 0 Å². The van der Waals surface area contributed by atoms with Gasteiger partial charge in [0.25, 0.3) is 0 Å². The van der Waals surface area contributed by atoms with Gasteiger partial charge < -0.3 is 19.5 Å². The summed E-state index contributed by atoms with van der Waals surface area (Å²) in [6.45, 7) is 2.67. The van der Waals surface area contributed by atoms with E-state index in [4.69, 9.17) is 21.1 Å². The van der Waals surface area contributed by atoms with Crippen molar-refractivity contribution in [2.45, 2.75) is 6.61 Å². The van der Waals surface area contributed by atoms with Crippen molar-refractivity contribution in [2.24, 2.45) is 0 Å². The highest BCUT2D eigenvalue weighted by atomic mass is 35.5. The number of aliphatic hydroxyl groups is 1. The normalized spacial score (nSPS) is 10.7. The Bertz CT molecular complexity index is 352. The van der Waals surface area contributed by atoms with E-state index in [9.17, 15) is 5.11 Å². The third-order valence-electron chi connectivity index (χ3n) is 2.69. The molecule has 4 nitrogen and oxygen atoms in total. The van der Waals surface area contributed by atoms with Crippen LogP contribution < -0.4 is 4.90 Å². The summed E-state index contributed by atoms with van der Waals surface area (Å²) < 4.78 is 10.2. The lowest BCUT2D eigenvalue weighted by atomic mass is 10.1. The molecule has 0 saturated carbocycles. The van der Waals surface area contributed by atoms with E-state index in [1.165, 1.54) is 0 Å². The molecule has 0 unspecified atom stereocenters. The standard InChI is InChI=1S/C13H20ClNO3/c1-17-7-5-15(6-8-18-2)13-9-12(14)4-3-11(13)10-16/h3-4,9,16H,5-8,10H2,1-2H3. The second-order valence-corrected chi connectivity index (χ2v) is 4.34. The van der Waals surface area contributed by atoms with Crippen molar-refractivity contribution >= 4 is 17.3 Å². The van der Waals surface area contributed by atoms with E-state index in [1.807, 2.05) is 12.1 Å². The molecule has 1 aromatic rings. The van der Waals surface area contributed by atoms with Crippen LogP contribution in [-0.4, -0.2) is 45.6 Å². The summed E-state index contributed by atoms with van der Waals surface area (Å²) in [5.41, 5.74) is 1.78. The van der Waals surface area contributed by atoms with E-state index in [1.54, 1.807) is 20.3 Å². The molecule has 5 heteroatoms. The Kier molecular flexibility index (Phi) is 7.05. The third-order valence-corrected chi connectivity index (χ3v) is 2.92. The molecule has 0 aliphatic heterocycles. The average Bonchev–Trinajstić information content (AvgIpc) is 2.39. The molecule has 0 heterocycles. The van der Waals surface area contributed by atoms with Crippen LogP contribution in [-0.2, 0) is 16.1 Å². The van der Waals surface area contributed by atoms with E-state index in [0.29, 0.717) is 18.2 Å². The zero-order valence-electron chi connectivity index (χ0n) is 10.9. The second-order valence-electron chi connectivity index (χ2n) is 3.90. The second kappa shape index (κ2) is 8.32. The number of rotatable bonds is 8. The van der Waals surface area contributed by atoms with Crippen molar-refractivity contribution in [3.8, 4) is 0 Å². The van der Waals surface area contributed by atoms with Crippen LogP contribution in [0.15, 0.2) is 18.2 Å². The Labute approximate surface area is 113 Å². The molecule has 102 valence electrons. The van der Waals surface area contributed by atoms with Crippen LogP contribution in [0.4, 0.5) is 5.69 Å². The van der Waals surface area contributed by atoms with Crippen molar-refractivity contribution in [1.82, 2.24) is 0 Å². The van der Waals surface area contributed by atoms with Gasteiger partial charge in [-0.2, -0.15) is 0 Å². The predicted octanol–water partition coefficient (Wildman–Crippen LogP) is 1.93. The van der Waals surface area contributed by atoms with Crippen molar-refractivity contribution in [3.63, 3.8) is 0 Å². The third kappa shape index (κ3) is 4.46. The first-order valence-electron chi connectivity index (χ1n) is 5.85. The smallest absolute Gasteiger partial charge is 0.0702 e. The van der Waals surface area contributed by atoms with E-state index >= 15 is 0 Å². The van der Waals surface area contributed by atoms with Crippen molar-refractivity contribution in [1.29, 1.82) is 0 Å². The minimum Gasteiger partial charge on any atom is -0.392 e. The summed E-state index contributed by atoms with van der Waals surface area (Å²) in [6.07, 6.45) is 0. The van der Waals surface area contributed by atoms with Gasteiger partial charge in [-0.05, 0) is 12.1 Å². The van der Waals surface area contributed by atoms with E-state index < -0.39 is 0 Å². The van der Waals surface area contributed by atoms with Gasteiger partial charge in [0.05, 0.1) is 19.8 Å². The molecular formula is C13H20ClNO3. The molecule has 1 N–H and O–H groups in total. The van der Waals surface area contributed by atoms with Gasteiger partial charge in [-0.3, -0.25) is 0 Å². The lowest BCUT2D eigenvalue weighted by Gasteiger charge is -2.26. The number of methoxy groups -OCH3 is 2. The number of ether oxygens (including phenoxy) is 2. The number of anilines is 1. The fourth-order valence-electron chi connectivity index (χ4n) is 1.72. The SMILES string of the molecule is COCCN(CCOC)c1cc(Cl)ccc1CO. The summed E-state index contributed by atoms with van der Waals surface area (Å²) in [5.74, 6) is 0.